The zero-order chi connectivity index (χ0) is 13.1. The number of carbonyl (C=O) groups is 1. The van der Waals surface area contributed by atoms with E-state index in [1.165, 1.54) is 0 Å². The highest BCUT2D eigenvalue weighted by Gasteiger charge is 2.10. The van der Waals surface area contributed by atoms with Gasteiger partial charge in [0.2, 0.25) is 0 Å². The van der Waals surface area contributed by atoms with Crippen LogP contribution in [0.3, 0.4) is 0 Å². The van der Waals surface area contributed by atoms with E-state index in [4.69, 9.17) is 5.73 Å². The molecular weight excluding hydrogens is 360 g/mol. The Morgan fingerprint density at radius 3 is 2.50 bits per heavy atom. The third-order valence-corrected chi connectivity index (χ3v) is 3.53. The van der Waals surface area contributed by atoms with Crippen molar-refractivity contribution in [2.75, 3.05) is 11.1 Å². The molecule has 18 heavy (non-hydrogen) atoms. The Bertz CT molecular complexity index is 599. The fourth-order valence-corrected chi connectivity index (χ4v) is 2.63. The summed E-state index contributed by atoms with van der Waals surface area (Å²) in [7, 11) is 0. The molecule has 0 aliphatic carbocycles. The lowest BCUT2D eigenvalue weighted by atomic mass is 10.1. The molecule has 0 heterocycles. The molecule has 0 aromatic heterocycles. The van der Waals surface area contributed by atoms with E-state index in [1.54, 1.807) is 24.3 Å². The van der Waals surface area contributed by atoms with Gasteiger partial charge in [0, 0.05) is 14.6 Å². The van der Waals surface area contributed by atoms with Gasteiger partial charge >= 0.3 is 0 Å². The summed E-state index contributed by atoms with van der Waals surface area (Å²) in [5, 5.41) is 2.81. The van der Waals surface area contributed by atoms with Crippen molar-refractivity contribution < 1.29 is 4.79 Å². The largest absolute Gasteiger partial charge is 0.398 e. The average Bonchev–Trinajstić information content (AvgIpc) is 2.33. The lowest BCUT2D eigenvalue weighted by Crippen LogP contribution is -2.14. The van der Waals surface area contributed by atoms with Gasteiger partial charge in [0.15, 0.2) is 0 Å². The van der Waals surface area contributed by atoms with Crippen molar-refractivity contribution in [2.24, 2.45) is 0 Å². The zero-order valence-corrected chi connectivity index (χ0v) is 12.5. The Morgan fingerprint density at radius 1 is 1.11 bits per heavy atom. The van der Waals surface area contributed by atoms with Gasteiger partial charge in [0.05, 0.1) is 11.3 Å². The molecule has 0 aliphatic heterocycles. The van der Waals surface area contributed by atoms with E-state index in [1.807, 2.05) is 18.2 Å². The standard InChI is InChI=1S/C13H10Br2N2O/c14-8-5-6-12(10(15)7-8)17-13(18)9-3-1-2-4-11(9)16/h1-7H,16H2,(H,17,18). The number of benzene rings is 2. The van der Waals surface area contributed by atoms with Crippen molar-refractivity contribution in [3.8, 4) is 0 Å². The molecule has 0 radical (unpaired) electrons. The van der Waals surface area contributed by atoms with Gasteiger partial charge in [-0.05, 0) is 46.3 Å². The quantitative estimate of drug-likeness (QED) is 0.784. The number of hydrogen-bond donors (Lipinski definition) is 2. The second-order valence-corrected chi connectivity index (χ2v) is 5.44. The number of nitrogens with two attached hydrogens (primary N) is 1. The van der Waals surface area contributed by atoms with Crippen LogP contribution >= 0.6 is 31.9 Å². The van der Waals surface area contributed by atoms with Gasteiger partial charge in [-0.25, -0.2) is 0 Å². The molecule has 0 fully saturated rings. The van der Waals surface area contributed by atoms with E-state index in [-0.39, 0.29) is 5.91 Å². The SMILES string of the molecule is Nc1ccccc1C(=O)Nc1ccc(Br)cc1Br. The molecule has 3 N–H and O–H groups in total. The first kappa shape index (κ1) is 13.1. The summed E-state index contributed by atoms with van der Waals surface area (Å²) >= 11 is 6.75. The second kappa shape index (κ2) is 5.54. The molecule has 92 valence electrons. The van der Waals surface area contributed by atoms with Crippen molar-refractivity contribution in [1.29, 1.82) is 0 Å². The Kier molecular flexibility index (Phi) is 4.04. The van der Waals surface area contributed by atoms with Crippen molar-refractivity contribution >= 4 is 49.1 Å². The average molecular weight is 370 g/mol. The lowest BCUT2D eigenvalue weighted by Gasteiger charge is -2.09. The third kappa shape index (κ3) is 2.91. The topological polar surface area (TPSA) is 55.1 Å². The van der Waals surface area contributed by atoms with Gasteiger partial charge in [-0.1, -0.05) is 28.1 Å². The molecule has 0 aliphatic rings. The normalized spacial score (nSPS) is 10.1. The van der Waals surface area contributed by atoms with E-state index < -0.39 is 0 Å². The summed E-state index contributed by atoms with van der Waals surface area (Å²) in [6.45, 7) is 0. The molecule has 1 amide bonds. The molecular formula is C13H10Br2N2O. The molecule has 2 aromatic carbocycles. The van der Waals surface area contributed by atoms with Gasteiger partial charge in [0.1, 0.15) is 0 Å². The number of anilines is 2. The van der Waals surface area contributed by atoms with Gasteiger partial charge in [-0.15, -0.1) is 0 Å². The van der Waals surface area contributed by atoms with Crippen LogP contribution in [0.1, 0.15) is 10.4 Å². The van der Waals surface area contributed by atoms with Crippen LogP contribution in [0.4, 0.5) is 11.4 Å². The Balaban J connectivity index is 2.24. The number of nitrogen functional groups attached to an aromatic ring is 1. The number of rotatable bonds is 2. The lowest BCUT2D eigenvalue weighted by molar-refractivity contribution is 0.102. The summed E-state index contributed by atoms with van der Waals surface area (Å²) in [6.07, 6.45) is 0. The molecule has 0 unspecified atom stereocenters. The van der Waals surface area contributed by atoms with Crippen LogP contribution < -0.4 is 11.1 Å². The molecule has 3 nitrogen and oxygen atoms in total. The maximum Gasteiger partial charge on any atom is 0.257 e. The number of amides is 1. The summed E-state index contributed by atoms with van der Waals surface area (Å²) in [4.78, 5) is 12.0. The van der Waals surface area contributed by atoms with Crippen LogP contribution in [-0.2, 0) is 0 Å². The third-order valence-electron chi connectivity index (χ3n) is 2.38. The van der Waals surface area contributed by atoms with E-state index >= 15 is 0 Å². The molecule has 0 saturated heterocycles. The summed E-state index contributed by atoms with van der Waals surface area (Å²) < 4.78 is 1.74. The molecule has 0 atom stereocenters. The molecule has 0 spiro atoms. The monoisotopic (exact) mass is 368 g/mol. The smallest absolute Gasteiger partial charge is 0.257 e. The van der Waals surface area contributed by atoms with E-state index in [0.717, 1.165) is 8.95 Å². The van der Waals surface area contributed by atoms with Crippen LogP contribution in [0.15, 0.2) is 51.4 Å². The first-order valence-electron chi connectivity index (χ1n) is 5.19. The highest BCUT2D eigenvalue weighted by molar-refractivity contribution is 9.11. The number of carbonyl (C=O) groups excluding carboxylic acids is 1. The van der Waals surface area contributed by atoms with Crippen molar-refractivity contribution in [3.63, 3.8) is 0 Å². The van der Waals surface area contributed by atoms with Crippen molar-refractivity contribution in [3.05, 3.63) is 57.0 Å². The van der Waals surface area contributed by atoms with E-state index in [0.29, 0.717) is 16.9 Å². The first-order chi connectivity index (χ1) is 8.58. The second-order valence-electron chi connectivity index (χ2n) is 3.67. The predicted octanol–water partition coefficient (Wildman–Crippen LogP) is 4.05. The molecule has 5 heteroatoms. The fraction of sp³-hybridized carbons (Fsp3) is 0. The predicted molar refractivity (Wildman–Crippen MR) is 80.6 cm³/mol. The molecule has 0 saturated carbocycles. The first-order valence-corrected chi connectivity index (χ1v) is 6.77. The summed E-state index contributed by atoms with van der Waals surface area (Å²) in [5.41, 5.74) is 7.38. The van der Waals surface area contributed by atoms with Crippen LogP contribution in [0, 0.1) is 0 Å². The van der Waals surface area contributed by atoms with E-state index in [9.17, 15) is 4.79 Å². The van der Waals surface area contributed by atoms with Crippen LogP contribution in [0.2, 0.25) is 0 Å². The summed E-state index contributed by atoms with van der Waals surface area (Å²) in [6, 6.07) is 12.5. The van der Waals surface area contributed by atoms with Crippen molar-refractivity contribution in [1.82, 2.24) is 0 Å². The number of halogens is 2. The minimum Gasteiger partial charge on any atom is -0.398 e. The number of para-hydroxylation sites is 1. The maximum absolute atomic E-state index is 12.0. The van der Waals surface area contributed by atoms with Gasteiger partial charge in [0.25, 0.3) is 5.91 Å². The molecule has 2 rings (SSSR count). The highest BCUT2D eigenvalue weighted by Crippen LogP contribution is 2.27. The van der Waals surface area contributed by atoms with Gasteiger partial charge in [-0.2, -0.15) is 0 Å². The fourth-order valence-electron chi connectivity index (χ4n) is 1.48. The van der Waals surface area contributed by atoms with Gasteiger partial charge < -0.3 is 11.1 Å². The van der Waals surface area contributed by atoms with E-state index in [2.05, 4.69) is 37.2 Å². The Labute approximate surface area is 122 Å². The van der Waals surface area contributed by atoms with Crippen LogP contribution in [0.5, 0.6) is 0 Å². The Hall–Kier alpha value is -1.33. The molecule has 0 bridgehead atoms. The molecule has 2 aromatic rings. The van der Waals surface area contributed by atoms with Gasteiger partial charge in [-0.3, -0.25) is 4.79 Å². The van der Waals surface area contributed by atoms with Crippen LogP contribution in [-0.4, -0.2) is 5.91 Å². The van der Waals surface area contributed by atoms with Crippen LogP contribution in [0.25, 0.3) is 0 Å². The Morgan fingerprint density at radius 2 is 1.83 bits per heavy atom. The van der Waals surface area contributed by atoms with Crippen molar-refractivity contribution in [2.45, 2.75) is 0 Å². The minimum atomic E-state index is -0.226. The zero-order valence-electron chi connectivity index (χ0n) is 9.28. The number of nitrogens with one attached hydrogen (secondary N) is 1. The minimum absolute atomic E-state index is 0.226. The summed E-state index contributed by atoms with van der Waals surface area (Å²) in [5.74, 6) is -0.226. The number of hydrogen-bond acceptors (Lipinski definition) is 2. The maximum atomic E-state index is 12.0. The highest BCUT2D eigenvalue weighted by atomic mass is 79.9.